The van der Waals surface area contributed by atoms with Crippen LogP contribution < -0.4 is 0 Å². The number of rotatable bonds is 9. The molecule has 1 saturated carbocycles. The van der Waals surface area contributed by atoms with Crippen molar-refractivity contribution in [3.05, 3.63) is 0 Å². The summed E-state index contributed by atoms with van der Waals surface area (Å²) in [7, 11) is 10.3. The molecule has 0 unspecified atom stereocenters. The summed E-state index contributed by atoms with van der Waals surface area (Å²) >= 11 is 0. The van der Waals surface area contributed by atoms with Crippen LogP contribution in [0.4, 0.5) is 0 Å². The van der Waals surface area contributed by atoms with Gasteiger partial charge in [-0.25, -0.2) is 0 Å². The standard InChI is InChI=1S/C11H20O3.2C10H18O4/c1-7-5-11(6-12-3)10(13-4)9(7)8(2)14-11;1-6-8-9(12-4)10(14-6,5-11-3)7(2)13-8;1-7-8-9(12-3)10(14-7,6-11-2)4-5-13-8/h7-10H,5-6H2,1-4H3;6-9H,5H2,1-4H3;7-9H,4-6H2,1-3H3/t7-,8-,9-,10-,11+;6-,7-,8-,9-,10-;7-,8-,9-,10+/m000/s1. The molecule has 0 aromatic carbocycles. The van der Waals surface area contributed by atoms with Gasteiger partial charge in [0, 0.05) is 55.0 Å². The van der Waals surface area contributed by atoms with Gasteiger partial charge in [-0.05, 0) is 40.0 Å². The lowest BCUT2D eigenvalue weighted by atomic mass is 9.90. The molecule has 42 heavy (non-hydrogen) atoms. The third-order valence-electron chi connectivity index (χ3n) is 10.3. The lowest BCUT2D eigenvalue weighted by Crippen LogP contribution is -2.52. The minimum absolute atomic E-state index is 0.00574. The second-order valence-electron chi connectivity index (χ2n) is 12.9. The van der Waals surface area contributed by atoms with Crippen molar-refractivity contribution < 1.29 is 52.1 Å². The molecule has 1 aliphatic carbocycles. The molecule has 0 spiro atoms. The van der Waals surface area contributed by atoms with E-state index in [1.165, 1.54) is 0 Å². The summed E-state index contributed by atoms with van der Waals surface area (Å²) < 4.78 is 61.6. The van der Waals surface area contributed by atoms with Crippen molar-refractivity contribution in [2.45, 2.75) is 119 Å². The highest BCUT2D eigenvalue weighted by molar-refractivity contribution is 5.12. The summed E-state index contributed by atoms with van der Waals surface area (Å²) in [5.41, 5.74) is -0.869. The molecule has 6 fully saturated rings. The number of methoxy groups -OCH3 is 6. The van der Waals surface area contributed by atoms with Crippen molar-refractivity contribution in [2.75, 3.05) is 69.1 Å². The van der Waals surface area contributed by atoms with Crippen LogP contribution in [0.5, 0.6) is 0 Å². The van der Waals surface area contributed by atoms with Gasteiger partial charge < -0.3 is 52.1 Å². The lowest BCUT2D eigenvalue weighted by molar-refractivity contribution is -0.194. The van der Waals surface area contributed by atoms with Crippen molar-refractivity contribution >= 4 is 0 Å². The van der Waals surface area contributed by atoms with E-state index in [1.807, 2.05) is 20.8 Å². The van der Waals surface area contributed by atoms with Crippen LogP contribution in [-0.4, -0.2) is 141 Å². The predicted octanol–water partition coefficient (Wildman–Crippen LogP) is 2.65. The molecule has 0 radical (unpaired) electrons. The summed E-state index contributed by atoms with van der Waals surface area (Å²) in [6, 6.07) is 0. The fourth-order valence-electron chi connectivity index (χ4n) is 8.79. The zero-order valence-corrected chi connectivity index (χ0v) is 27.6. The maximum absolute atomic E-state index is 6.01. The van der Waals surface area contributed by atoms with Crippen LogP contribution in [0, 0.1) is 11.8 Å². The summed E-state index contributed by atoms with van der Waals surface area (Å²) in [5, 5.41) is 0. The molecule has 14 atom stereocenters. The van der Waals surface area contributed by atoms with Crippen molar-refractivity contribution in [2.24, 2.45) is 11.8 Å². The second kappa shape index (κ2) is 13.9. The molecule has 11 heteroatoms. The van der Waals surface area contributed by atoms with Crippen LogP contribution in [0.2, 0.25) is 0 Å². The quantitative estimate of drug-likeness (QED) is 0.388. The van der Waals surface area contributed by atoms with Crippen molar-refractivity contribution in [1.29, 1.82) is 0 Å². The Morgan fingerprint density at radius 2 is 1.19 bits per heavy atom. The van der Waals surface area contributed by atoms with Crippen molar-refractivity contribution in [1.82, 2.24) is 0 Å². The Hall–Kier alpha value is -0.440. The summed E-state index contributed by atoms with van der Waals surface area (Å²) in [4.78, 5) is 0. The summed E-state index contributed by atoms with van der Waals surface area (Å²) in [5.74, 6) is 1.22. The Morgan fingerprint density at radius 1 is 0.619 bits per heavy atom. The normalized spacial score (nSPS) is 49.9. The Balaban J connectivity index is 0.000000145. The van der Waals surface area contributed by atoms with E-state index in [1.54, 1.807) is 42.7 Å². The fraction of sp³-hybridized carbons (Fsp3) is 1.00. The van der Waals surface area contributed by atoms with Crippen LogP contribution in [0.25, 0.3) is 0 Å². The summed E-state index contributed by atoms with van der Waals surface area (Å²) in [6.07, 6.45) is 2.76. The van der Waals surface area contributed by atoms with E-state index in [2.05, 4.69) is 13.8 Å². The minimum Gasteiger partial charge on any atom is -0.382 e. The van der Waals surface area contributed by atoms with Gasteiger partial charge in [-0.3, -0.25) is 0 Å². The van der Waals surface area contributed by atoms with Gasteiger partial charge in [0.15, 0.2) is 0 Å². The molecule has 6 aliphatic rings. The number of hydrogen-bond acceptors (Lipinski definition) is 11. The van der Waals surface area contributed by atoms with Gasteiger partial charge in [0.05, 0.1) is 56.9 Å². The van der Waals surface area contributed by atoms with Crippen molar-refractivity contribution in [3.63, 3.8) is 0 Å². The SMILES string of the molecule is COC[C@@]12CCO[C@@H]([C@H](C)O1)[C@@H]2OC.COC[C@@]12C[C@H](C)[C@@H]([C@H](C)O1)[C@@H]2OC.COC[C@]12O[C@@H](C)[C@H](O[C@H]1C)[C@@H]2OC. The van der Waals surface area contributed by atoms with Gasteiger partial charge in [-0.2, -0.15) is 0 Å². The van der Waals surface area contributed by atoms with Gasteiger partial charge in [-0.15, -0.1) is 0 Å². The third-order valence-corrected chi connectivity index (χ3v) is 10.3. The third kappa shape index (κ3) is 5.82. The molecule has 11 nitrogen and oxygen atoms in total. The Kier molecular flexibility index (Phi) is 11.4. The average Bonchev–Trinajstić information content (AvgIpc) is 3.61. The maximum atomic E-state index is 6.01. The zero-order valence-electron chi connectivity index (χ0n) is 27.6. The smallest absolute Gasteiger partial charge is 0.146 e. The Bertz CT molecular complexity index is 829. The summed E-state index contributed by atoms with van der Waals surface area (Å²) in [6.45, 7) is 13.0. The first-order valence-electron chi connectivity index (χ1n) is 15.4. The minimum atomic E-state index is -0.409. The lowest BCUT2D eigenvalue weighted by Gasteiger charge is -2.37. The first-order chi connectivity index (χ1) is 20.0. The zero-order chi connectivity index (χ0) is 30.9. The monoisotopic (exact) mass is 604 g/mol. The van der Waals surface area contributed by atoms with E-state index in [4.69, 9.17) is 52.1 Å². The molecule has 6 bridgehead atoms. The van der Waals surface area contributed by atoms with E-state index in [-0.39, 0.29) is 60.0 Å². The molecule has 6 rings (SSSR count). The highest BCUT2D eigenvalue weighted by atomic mass is 16.7. The van der Waals surface area contributed by atoms with E-state index in [0.29, 0.717) is 37.8 Å². The van der Waals surface area contributed by atoms with Gasteiger partial charge in [0.1, 0.15) is 41.2 Å². The average molecular weight is 605 g/mol. The molecule has 5 saturated heterocycles. The number of fused-ring (bicyclic) bond motifs is 6. The van der Waals surface area contributed by atoms with Gasteiger partial charge in [0.25, 0.3) is 0 Å². The van der Waals surface area contributed by atoms with Crippen LogP contribution in [-0.2, 0) is 52.1 Å². The second-order valence-corrected chi connectivity index (χ2v) is 12.9. The Labute approximate surface area is 252 Å². The molecule has 0 aromatic heterocycles. The van der Waals surface area contributed by atoms with Crippen molar-refractivity contribution in [3.8, 4) is 0 Å². The van der Waals surface area contributed by atoms with Crippen LogP contribution in [0.1, 0.15) is 47.5 Å². The van der Waals surface area contributed by atoms with Gasteiger partial charge in [-0.1, -0.05) is 6.92 Å². The molecule has 0 amide bonds. The topological polar surface area (TPSA) is 102 Å². The van der Waals surface area contributed by atoms with Crippen LogP contribution in [0.15, 0.2) is 0 Å². The molecule has 5 aliphatic heterocycles. The fourth-order valence-corrected chi connectivity index (χ4v) is 8.79. The van der Waals surface area contributed by atoms with E-state index in [0.717, 1.165) is 19.4 Å². The van der Waals surface area contributed by atoms with Crippen LogP contribution >= 0.6 is 0 Å². The number of hydrogen-bond donors (Lipinski definition) is 0. The molecule has 246 valence electrons. The van der Waals surface area contributed by atoms with Crippen LogP contribution in [0.3, 0.4) is 0 Å². The first kappa shape index (κ1) is 34.4. The maximum Gasteiger partial charge on any atom is 0.146 e. The molecule has 0 N–H and O–H groups in total. The Morgan fingerprint density at radius 3 is 1.76 bits per heavy atom. The van der Waals surface area contributed by atoms with E-state index >= 15 is 0 Å². The molecular formula is C31H56O11. The highest BCUT2D eigenvalue weighted by Crippen LogP contribution is 2.52. The molecule has 0 aromatic rings. The largest absolute Gasteiger partial charge is 0.382 e. The van der Waals surface area contributed by atoms with E-state index in [9.17, 15) is 0 Å². The predicted molar refractivity (Wildman–Crippen MR) is 154 cm³/mol. The van der Waals surface area contributed by atoms with Gasteiger partial charge in [0.2, 0.25) is 0 Å². The highest BCUT2D eigenvalue weighted by Gasteiger charge is 2.65. The first-order valence-corrected chi connectivity index (χ1v) is 15.4. The molecule has 5 heterocycles. The molecular weight excluding hydrogens is 548 g/mol. The van der Waals surface area contributed by atoms with E-state index < -0.39 is 5.60 Å². The number of ether oxygens (including phenoxy) is 11. The van der Waals surface area contributed by atoms with Gasteiger partial charge >= 0.3 is 0 Å².